The molecular formula is C13H23N3. The number of hydrogen-bond acceptors (Lipinski definition) is 2. The number of nitrogens with one attached hydrogen (secondary N) is 1. The van der Waals surface area contributed by atoms with E-state index >= 15 is 0 Å². The van der Waals surface area contributed by atoms with E-state index in [1.165, 1.54) is 31.4 Å². The van der Waals surface area contributed by atoms with Crippen molar-refractivity contribution in [3.05, 3.63) is 18.0 Å². The van der Waals surface area contributed by atoms with Crippen molar-refractivity contribution in [1.82, 2.24) is 15.1 Å². The van der Waals surface area contributed by atoms with Crippen LogP contribution >= 0.6 is 0 Å². The minimum atomic E-state index is 0.758. The minimum absolute atomic E-state index is 0.758. The van der Waals surface area contributed by atoms with Gasteiger partial charge in [-0.05, 0) is 50.6 Å². The summed E-state index contributed by atoms with van der Waals surface area (Å²) in [5.41, 5.74) is 1.23. The summed E-state index contributed by atoms with van der Waals surface area (Å²) in [4.78, 5) is 0. The van der Waals surface area contributed by atoms with Gasteiger partial charge in [-0.25, -0.2) is 0 Å². The maximum absolute atomic E-state index is 4.41. The van der Waals surface area contributed by atoms with E-state index in [-0.39, 0.29) is 0 Å². The first-order valence-electron chi connectivity index (χ1n) is 6.51. The van der Waals surface area contributed by atoms with Gasteiger partial charge < -0.3 is 5.32 Å². The molecule has 16 heavy (non-hydrogen) atoms. The van der Waals surface area contributed by atoms with Crippen LogP contribution in [-0.2, 0) is 13.5 Å². The number of nitrogens with zero attached hydrogens (tertiary/aromatic N) is 2. The molecule has 1 N–H and O–H groups in total. The van der Waals surface area contributed by atoms with Gasteiger partial charge in [0.05, 0.1) is 5.69 Å². The smallest absolute Gasteiger partial charge is 0.0624 e. The van der Waals surface area contributed by atoms with Gasteiger partial charge in [-0.2, -0.15) is 5.10 Å². The van der Waals surface area contributed by atoms with E-state index in [1.807, 2.05) is 17.9 Å². The van der Waals surface area contributed by atoms with Crippen molar-refractivity contribution in [2.75, 3.05) is 6.54 Å². The normalized spacial score (nSPS) is 17.6. The summed E-state index contributed by atoms with van der Waals surface area (Å²) in [6.07, 6.45) is 8.57. The molecule has 1 saturated carbocycles. The zero-order chi connectivity index (χ0) is 11.4. The van der Waals surface area contributed by atoms with E-state index in [9.17, 15) is 0 Å². The molecule has 0 bridgehead atoms. The zero-order valence-electron chi connectivity index (χ0n) is 10.4. The molecule has 0 spiro atoms. The van der Waals surface area contributed by atoms with Crippen molar-refractivity contribution in [1.29, 1.82) is 0 Å². The first kappa shape index (κ1) is 11.6. The Morgan fingerprint density at radius 1 is 1.56 bits per heavy atom. The quantitative estimate of drug-likeness (QED) is 0.764. The van der Waals surface area contributed by atoms with E-state index in [2.05, 4.69) is 23.4 Å². The fourth-order valence-electron chi connectivity index (χ4n) is 2.36. The molecule has 1 aliphatic rings. The van der Waals surface area contributed by atoms with E-state index in [4.69, 9.17) is 0 Å². The Hall–Kier alpha value is -0.830. The Morgan fingerprint density at radius 2 is 2.38 bits per heavy atom. The second-order valence-electron chi connectivity index (χ2n) is 4.87. The summed E-state index contributed by atoms with van der Waals surface area (Å²) in [6.45, 7) is 3.30. The van der Waals surface area contributed by atoms with Gasteiger partial charge in [0.2, 0.25) is 0 Å². The first-order valence-corrected chi connectivity index (χ1v) is 6.51. The molecule has 2 rings (SSSR count). The van der Waals surface area contributed by atoms with Crippen molar-refractivity contribution >= 4 is 0 Å². The standard InChI is InChI=1S/C13H23N3/c1-3-14-13(11-7-8-11)6-4-5-12-9-10-16(2)15-12/h9-11,13-14H,3-8H2,1-2H3. The molecule has 0 radical (unpaired) electrons. The molecule has 1 atom stereocenters. The van der Waals surface area contributed by atoms with Crippen molar-refractivity contribution in [3.8, 4) is 0 Å². The maximum atomic E-state index is 4.41. The molecule has 1 heterocycles. The van der Waals surface area contributed by atoms with Crippen LogP contribution < -0.4 is 5.32 Å². The summed E-state index contributed by atoms with van der Waals surface area (Å²) >= 11 is 0. The molecule has 3 heteroatoms. The van der Waals surface area contributed by atoms with Crippen LogP contribution in [0.4, 0.5) is 0 Å². The van der Waals surface area contributed by atoms with Gasteiger partial charge in [0.1, 0.15) is 0 Å². The van der Waals surface area contributed by atoms with Gasteiger partial charge in [0.25, 0.3) is 0 Å². The zero-order valence-corrected chi connectivity index (χ0v) is 10.4. The van der Waals surface area contributed by atoms with Gasteiger partial charge in [0, 0.05) is 19.3 Å². The molecule has 0 amide bonds. The molecule has 1 fully saturated rings. The molecule has 90 valence electrons. The van der Waals surface area contributed by atoms with Gasteiger partial charge in [-0.1, -0.05) is 6.92 Å². The van der Waals surface area contributed by atoms with E-state index in [1.54, 1.807) is 0 Å². The van der Waals surface area contributed by atoms with Crippen molar-refractivity contribution in [3.63, 3.8) is 0 Å². The highest BCUT2D eigenvalue weighted by molar-refractivity contribution is 4.99. The average molecular weight is 221 g/mol. The molecular weight excluding hydrogens is 198 g/mol. The lowest BCUT2D eigenvalue weighted by Crippen LogP contribution is -2.30. The number of aryl methyl sites for hydroxylation is 2. The van der Waals surface area contributed by atoms with Gasteiger partial charge >= 0.3 is 0 Å². The Morgan fingerprint density at radius 3 is 2.94 bits per heavy atom. The van der Waals surface area contributed by atoms with Gasteiger partial charge in [-0.15, -0.1) is 0 Å². The van der Waals surface area contributed by atoms with Crippen LogP contribution in [0, 0.1) is 5.92 Å². The predicted octanol–water partition coefficient (Wildman–Crippen LogP) is 2.13. The first-order chi connectivity index (χ1) is 7.79. The third-order valence-electron chi connectivity index (χ3n) is 3.37. The molecule has 1 unspecified atom stereocenters. The van der Waals surface area contributed by atoms with Gasteiger partial charge in [-0.3, -0.25) is 4.68 Å². The molecule has 0 aromatic carbocycles. The minimum Gasteiger partial charge on any atom is -0.314 e. The lowest BCUT2D eigenvalue weighted by molar-refractivity contribution is 0.433. The van der Waals surface area contributed by atoms with Crippen molar-refractivity contribution in [2.24, 2.45) is 13.0 Å². The summed E-state index contributed by atoms with van der Waals surface area (Å²) in [5, 5.41) is 8.02. The maximum Gasteiger partial charge on any atom is 0.0624 e. The summed E-state index contributed by atoms with van der Waals surface area (Å²) < 4.78 is 1.89. The molecule has 3 nitrogen and oxygen atoms in total. The van der Waals surface area contributed by atoms with Crippen LogP contribution in [0.15, 0.2) is 12.3 Å². The highest BCUT2D eigenvalue weighted by atomic mass is 15.2. The van der Waals surface area contributed by atoms with Crippen LogP contribution in [0.2, 0.25) is 0 Å². The second-order valence-corrected chi connectivity index (χ2v) is 4.87. The fourth-order valence-corrected chi connectivity index (χ4v) is 2.36. The summed E-state index contributed by atoms with van der Waals surface area (Å²) in [5.74, 6) is 0.962. The number of hydrogen-bond donors (Lipinski definition) is 1. The molecule has 1 aromatic rings. The SMILES string of the molecule is CCNC(CCCc1ccn(C)n1)C1CC1. The molecule has 0 saturated heterocycles. The highest BCUT2D eigenvalue weighted by Gasteiger charge is 2.29. The molecule has 1 aromatic heterocycles. The number of aromatic nitrogens is 2. The Kier molecular flexibility index (Phi) is 3.99. The summed E-state index contributed by atoms with van der Waals surface area (Å²) in [6, 6.07) is 2.88. The average Bonchev–Trinajstić information content (AvgIpc) is 3.02. The second kappa shape index (κ2) is 5.48. The predicted molar refractivity (Wildman–Crippen MR) is 66.3 cm³/mol. The van der Waals surface area contributed by atoms with E-state index < -0.39 is 0 Å². The number of rotatable bonds is 7. The van der Waals surface area contributed by atoms with Crippen LogP contribution in [-0.4, -0.2) is 22.4 Å². The molecule has 1 aliphatic carbocycles. The van der Waals surface area contributed by atoms with Crippen LogP contribution in [0.1, 0.15) is 38.3 Å². The summed E-state index contributed by atoms with van der Waals surface area (Å²) in [7, 11) is 1.98. The Bertz CT molecular complexity index is 315. The van der Waals surface area contributed by atoms with E-state index in [0.29, 0.717) is 0 Å². The topological polar surface area (TPSA) is 29.9 Å². The monoisotopic (exact) mass is 221 g/mol. The lowest BCUT2D eigenvalue weighted by atomic mass is 10.0. The van der Waals surface area contributed by atoms with E-state index in [0.717, 1.165) is 24.9 Å². The van der Waals surface area contributed by atoms with Crippen LogP contribution in [0.3, 0.4) is 0 Å². The third-order valence-corrected chi connectivity index (χ3v) is 3.37. The highest BCUT2D eigenvalue weighted by Crippen LogP contribution is 2.34. The van der Waals surface area contributed by atoms with Crippen molar-refractivity contribution in [2.45, 2.75) is 45.1 Å². The lowest BCUT2D eigenvalue weighted by Gasteiger charge is -2.16. The van der Waals surface area contributed by atoms with Crippen LogP contribution in [0.25, 0.3) is 0 Å². The third kappa shape index (κ3) is 3.34. The van der Waals surface area contributed by atoms with Crippen LogP contribution in [0.5, 0.6) is 0 Å². The Labute approximate surface area is 98.2 Å². The fraction of sp³-hybridized carbons (Fsp3) is 0.769. The molecule has 0 aliphatic heterocycles. The van der Waals surface area contributed by atoms with Gasteiger partial charge in [0.15, 0.2) is 0 Å². The largest absolute Gasteiger partial charge is 0.314 e. The Balaban J connectivity index is 1.69. The van der Waals surface area contributed by atoms with Crippen molar-refractivity contribution < 1.29 is 0 Å².